The molecule has 7 heteroatoms. The number of likely N-dealkylation sites (tertiary alicyclic amines) is 1. The maximum atomic E-state index is 13.0. The quantitative estimate of drug-likeness (QED) is 0.903. The largest absolute Gasteiger partial charge is 0.334 e. The average Bonchev–Trinajstić information content (AvgIpc) is 3.02. The molecule has 0 aliphatic carbocycles. The van der Waals surface area contributed by atoms with Crippen LogP contribution in [0.25, 0.3) is 5.69 Å². The fraction of sp³-hybridized carbons (Fsp3) is 0.438. The molecule has 0 radical (unpaired) electrons. The first-order chi connectivity index (χ1) is 10.7. The number of benzene rings is 1. The lowest BCUT2D eigenvalue weighted by molar-refractivity contribution is 0.00278. The zero-order valence-electron chi connectivity index (χ0n) is 13.0. The number of piperidine rings is 1. The van der Waals surface area contributed by atoms with Crippen LogP contribution in [0, 0.1) is 12.8 Å². The average molecular weight is 334 g/mol. The van der Waals surface area contributed by atoms with Gasteiger partial charge < -0.3 is 10.2 Å². The summed E-state index contributed by atoms with van der Waals surface area (Å²) in [5.74, 6) is 0.738. The van der Waals surface area contributed by atoms with Crippen LogP contribution in [0.1, 0.15) is 22.3 Å². The summed E-state index contributed by atoms with van der Waals surface area (Å²) in [4.78, 5) is 16.5. The number of nitrogens with zero attached hydrogens (tertiary/aromatic N) is 4. The van der Waals surface area contributed by atoms with Gasteiger partial charge in [0.15, 0.2) is 0 Å². The Morgan fingerprint density at radius 1 is 1.30 bits per heavy atom. The molecule has 2 saturated heterocycles. The van der Waals surface area contributed by atoms with Gasteiger partial charge in [-0.05, 0) is 37.9 Å². The van der Waals surface area contributed by atoms with Gasteiger partial charge in [0.2, 0.25) is 0 Å². The van der Waals surface area contributed by atoms with Crippen molar-refractivity contribution in [1.29, 1.82) is 0 Å². The van der Waals surface area contributed by atoms with Gasteiger partial charge in [0.05, 0.1) is 23.6 Å². The molecule has 23 heavy (non-hydrogen) atoms. The van der Waals surface area contributed by atoms with Crippen LogP contribution in [0.4, 0.5) is 0 Å². The Labute approximate surface area is 141 Å². The highest BCUT2D eigenvalue weighted by Gasteiger charge is 2.43. The Morgan fingerprint density at radius 2 is 2.09 bits per heavy atom. The number of fused-ring (bicyclic) bond motifs is 1. The molecule has 2 atom stereocenters. The predicted molar refractivity (Wildman–Crippen MR) is 89.1 cm³/mol. The number of hydrogen-bond acceptors (Lipinski definition) is 4. The minimum atomic E-state index is 0. The molecule has 1 aromatic heterocycles. The van der Waals surface area contributed by atoms with Crippen LogP contribution in [-0.4, -0.2) is 51.5 Å². The molecule has 2 aliphatic heterocycles. The standard InChI is InChI=1S/C16H19N5O.ClH/c1-11-2-3-14(21-18-6-7-19-21)13(8-11)16(22)20-10-12-4-5-17-9-15(12)20;/h2-3,6-8,12,15,17H,4-5,9-10H2,1H3;1H/t12-,15-;/m0./s1. The lowest BCUT2D eigenvalue weighted by Crippen LogP contribution is -2.65. The van der Waals surface area contributed by atoms with Gasteiger partial charge >= 0.3 is 0 Å². The first-order valence-electron chi connectivity index (χ1n) is 7.73. The van der Waals surface area contributed by atoms with E-state index in [1.54, 1.807) is 12.4 Å². The van der Waals surface area contributed by atoms with Crippen molar-refractivity contribution < 1.29 is 4.79 Å². The summed E-state index contributed by atoms with van der Waals surface area (Å²) in [5, 5.41) is 11.7. The van der Waals surface area contributed by atoms with E-state index in [0.717, 1.165) is 37.3 Å². The number of aromatic nitrogens is 3. The molecule has 6 nitrogen and oxygen atoms in total. The van der Waals surface area contributed by atoms with E-state index < -0.39 is 0 Å². The summed E-state index contributed by atoms with van der Waals surface area (Å²) in [5.41, 5.74) is 2.49. The van der Waals surface area contributed by atoms with Crippen molar-refractivity contribution in [1.82, 2.24) is 25.2 Å². The molecule has 4 rings (SSSR count). The number of rotatable bonds is 2. The fourth-order valence-electron chi connectivity index (χ4n) is 3.45. The maximum Gasteiger partial charge on any atom is 0.256 e. The second-order valence-electron chi connectivity index (χ2n) is 6.12. The Hall–Kier alpha value is -1.92. The Kier molecular flexibility index (Phi) is 4.37. The normalized spacial score (nSPS) is 22.7. The molecule has 1 amide bonds. The number of carbonyl (C=O) groups is 1. The van der Waals surface area contributed by atoms with Gasteiger partial charge in [-0.2, -0.15) is 15.0 Å². The number of hydrogen-bond donors (Lipinski definition) is 1. The van der Waals surface area contributed by atoms with Gasteiger partial charge in [-0.15, -0.1) is 12.4 Å². The van der Waals surface area contributed by atoms with E-state index in [-0.39, 0.29) is 18.3 Å². The molecular weight excluding hydrogens is 314 g/mol. The molecule has 0 saturated carbocycles. The van der Waals surface area contributed by atoms with Crippen molar-refractivity contribution in [2.45, 2.75) is 19.4 Å². The lowest BCUT2D eigenvalue weighted by Gasteiger charge is -2.51. The van der Waals surface area contributed by atoms with Crippen molar-refractivity contribution >= 4 is 18.3 Å². The highest BCUT2D eigenvalue weighted by Crippen LogP contribution is 2.32. The molecule has 2 aliphatic rings. The van der Waals surface area contributed by atoms with Crippen molar-refractivity contribution in [2.75, 3.05) is 19.6 Å². The smallest absolute Gasteiger partial charge is 0.256 e. The molecular formula is C16H20ClN5O. The van der Waals surface area contributed by atoms with Gasteiger partial charge in [0, 0.05) is 19.1 Å². The zero-order valence-corrected chi connectivity index (χ0v) is 13.8. The molecule has 2 aromatic rings. The zero-order chi connectivity index (χ0) is 15.1. The third kappa shape index (κ3) is 2.72. The lowest BCUT2D eigenvalue weighted by atomic mass is 9.82. The minimum absolute atomic E-state index is 0. The van der Waals surface area contributed by atoms with E-state index in [2.05, 4.69) is 15.5 Å². The van der Waals surface area contributed by atoms with Gasteiger partial charge in [-0.1, -0.05) is 11.6 Å². The molecule has 0 bridgehead atoms. The molecule has 2 fully saturated rings. The highest BCUT2D eigenvalue weighted by molar-refractivity contribution is 5.98. The number of halogens is 1. The summed E-state index contributed by atoms with van der Waals surface area (Å²) in [6, 6.07) is 6.17. The minimum Gasteiger partial charge on any atom is -0.334 e. The Morgan fingerprint density at radius 3 is 2.83 bits per heavy atom. The fourth-order valence-corrected chi connectivity index (χ4v) is 3.45. The van der Waals surface area contributed by atoms with Crippen LogP contribution < -0.4 is 5.32 Å². The Bertz CT molecular complexity index is 703. The van der Waals surface area contributed by atoms with E-state index in [9.17, 15) is 4.79 Å². The van der Waals surface area contributed by atoms with Crippen molar-refractivity contribution in [3.63, 3.8) is 0 Å². The number of amides is 1. The van der Waals surface area contributed by atoms with Crippen molar-refractivity contribution in [3.8, 4) is 5.69 Å². The Balaban J connectivity index is 0.00000156. The summed E-state index contributed by atoms with van der Waals surface area (Å²) in [7, 11) is 0. The van der Waals surface area contributed by atoms with E-state index in [4.69, 9.17) is 0 Å². The van der Waals surface area contributed by atoms with Gasteiger partial charge in [-0.3, -0.25) is 4.79 Å². The van der Waals surface area contributed by atoms with Gasteiger partial charge in [-0.25, -0.2) is 0 Å². The van der Waals surface area contributed by atoms with Crippen LogP contribution in [0.5, 0.6) is 0 Å². The number of nitrogens with one attached hydrogen (secondary N) is 1. The summed E-state index contributed by atoms with van der Waals surface area (Å²) in [6.45, 7) is 4.83. The number of carbonyl (C=O) groups excluding carboxylic acids is 1. The van der Waals surface area contributed by atoms with Crippen LogP contribution in [0.3, 0.4) is 0 Å². The number of aryl methyl sites for hydroxylation is 1. The van der Waals surface area contributed by atoms with Crippen molar-refractivity contribution in [3.05, 3.63) is 41.7 Å². The molecule has 3 heterocycles. The summed E-state index contributed by atoms with van der Waals surface area (Å²) >= 11 is 0. The summed E-state index contributed by atoms with van der Waals surface area (Å²) < 4.78 is 0. The maximum absolute atomic E-state index is 13.0. The third-order valence-corrected chi connectivity index (χ3v) is 4.70. The second-order valence-corrected chi connectivity index (χ2v) is 6.12. The summed E-state index contributed by atoms with van der Waals surface area (Å²) in [6.07, 6.45) is 4.41. The molecule has 1 aromatic carbocycles. The topological polar surface area (TPSA) is 63.1 Å². The molecule has 122 valence electrons. The van der Waals surface area contributed by atoms with Gasteiger partial charge in [0.25, 0.3) is 5.91 Å². The predicted octanol–water partition coefficient (Wildman–Crippen LogP) is 1.43. The van der Waals surface area contributed by atoms with E-state index in [1.807, 2.05) is 30.0 Å². The first kappa shape index (κ1) is 16.0. The first-order valence-corrected chi connectivity index (χ1v) is 7.73. The van der Waals surface area contributed by atoms with Crippen LogP contribution in [0.15, 0.2) is 30.6 Å². The SMILES string of the molecule is Cc1ccc(-n2nccn2)c(C(=O)N2C[C@@H]3CCNC[C@@H]32)c1.Cl. The van der Waals surface area contributed by atoms with E-state index >= 15 is 0 Å². The molecule has 1 N–H and O–H groups in total. The second kappa shape index (κ2) is 6.29. The monoisotopic (exact) mass is 333 g/mol. The van der Waals surface area contributed by atoms with Crippen molar-refractivity contribution in [2.24, 2.45) is 5.92 Å². The van der Waals surface area contributed by atoms with Crippen LogP contribution in [0.2, 0.25) is 0 Å². The molecule has 0 spiro atoms. The van der Waals surface area contributed by atoms with Gasteiger partial charge in [0.1, 0.15) is 0 Å². The molecule has 0 unspecified atom stereocenters. The van der Waals surface area contributed by atoms with E-state index in [0.29, 0.717) is 17.5 Å². The van der Waals surface area contributed by atoms with Crippen LogP contribution >= 0.6 is 12.4 Å². The van der Waals surface area contributed by atoms with E-state index in [1.165, 1.54) is 4.80 Å². The highest BCUT2D eigenvalue weighted by atomic mass is 35.5. The third-order valence-electron chi connectivity index (χ3n) is 4.70. The van der Waals surface area contributed by atoms with Crippen LogP contribution in [-0.2, 0) is 0 Å².